The summed E-state index contributed by atoms with van der Waals surface area (Å²) >= 11 is 1.35. The van der Waals surface area contributed by atoms with Crippen LogP contribution in [0.2, 0.25) is 0 Å². The molecular weight excluding hydrogens is 364 g/mol. The summed E-state index contributed by atoms with van der Waals surface area (Å²) in [6.07, 6.45) is 0. The third-order valence-electron chi connectivity index (χ3n) is 3.85. The van der Waals surface area contributed by atoms with Crippen molar-refractivity contribution in [2.45, 2.75) is 13.8 Å². The number of hydrogen-bond donors (Lipinski definition) is 2. The topological polar surface area (TPSA) is 84.5 Å². The van der Waals surface area contributed by atoms with Crippen molar-refractivity contribution >= 4 is 50.6 Å². The molecule has 3 aromatic rings. The Balaban J connectivity index is 1.57. The lowest BCUT2D eigenvalue weighted by molar-refractivity contribution is -0.119. The molecule has 3 rings (SSSR count). The molecule has 0 saturated carbocycles. The van der Waals surface area contributed by atoms with Crippen LogP contribution in [0.3, 0.4) is 0 Å². The Hall–Kier alpha value is -3.19. The van der Waals surface area contributed by atoms with E-state index in [2.05, 4.69) is 10.6 Å². The summed E-state index contributed by atoms with van der Waals surface area (Å²) in [4.78, 5) is 35.8. The van der Waals surface area contributed by atoms with Crippen molar-refractivity contribution < 1.29 is 19.1 Å². The zero-order valence-electron chi connectivity index (χ0n) is 14.9. The van der Waals surface area contributed by atoms with Crippen LogP contribution in [-0.2, 0) is 14.3 Å². The third-order valence-corrected chi connectivity index (χ3v) is 5.11. The minimum atomic E-state index is -0.509. The standard InChI is InChI=1S/C20H18N2O4S/c1-12-16-5-3-4-6-17(16)27-19(12)20(25)26-11-18(24)22-15-9-7-14(8-10-15)21-13(2)23/h3-10H,11H2,1-2H3,(H,21,23)(H,22,24). The van der Waals surface area contributed by atoms with Crippen molar-refractivity contribution in [2.24, 2.45) is 0 Å². The zero-order valence-corrected chi connectivity index (χ0v) is 15.7. The largest absolute Gasteiger partial charge is 0.451 e. The molecule has 1 heterocycles. The molecule has 0 saturated heterocycles. The van der Waals surface area contributed by atoms with E-state index in [4.69, 9.17) is 4.74 Å². The second kappa shape index (κ2) is 8.01. The number of thiophene rings is 1. The van der Waals surface area contributed by atoms with Crippen LogP contribution in [0.1, 0.15) is 22.2 Å². The maximum atomic E-state index is 12.3. The maximum absolute atomic E-state index is 12.3. The molecule has 7 heteroatoms. The summed E-state index contributed by atoms with van der Waals surface area (Å²) in [5.41, 5.74) is 2.03. The van der Waals surface area contributed by atoms with Crippen LogP contribution in [0.25, 0.3) is 10.1 Å². The number of amides is 2. The molecule has 0 aliphatic carbocycles. The van der Waals surface area contributed by atoms with Crippen LogP contribution in [0.4, 0.5) is 11.4 Å². The SMILES string of the molecule is CC(=O)Nc1ccc(NC(=O)COC(=O)c2sc3ccccc3c2C)cc1. The van der Waals surface area contributed by atoms with E-state index in [-0.39, 0.29) is 12.5 Å². The molecule has 0 unspecified atom stereocenters. The van der Waals surface area contributed by atoms with Gasteiger partial charge in [-0.05, 0) is 48.2 Å². The van der Waals surface area contributed by atoms with Crippen LogP contribution >= 0.6 is 11.3 Å². The normalized spacial score (nSPS) is 10.4. The number of ether oxygens (including phenoxy) is 1. The predicted molar refractivity (Wildman–Crippen MR) is 106 cm³/mol. The Kier molecular flexibility index (Phi) is 5.52. The molecule has 1 aromatic heterocycles. The number of anilines is 2. The van der Waals surface area contributed by atoms with Gasteiger partial charge in [0, 0.05) is 23.0 Å². The van der Waals surface area contributed by atoms with Gasteiger partial charge in [-0.25, -0.2) is 4.79 Å². The van der Waals surface area contributed by atoms with Gasteiger partial charge in [0.05, 0.1) is 0 Å². The minimum absolute atomic E-state index is 0.171. The van der Waals surface area contributed by atoms with E-state index in [0.717, 1.165) is 15.6 Å². The molecule has 2 aromatic carbocycles. The number of hydrogen-bond acceptors (Lipinski definition) is 5. The van der Waals surface area contributed by atoms with E-state index in [9.17, 15) is 14.4 Å². The number of nitrogens with one attached hydrogen (secondary N) is 2. The number of benzene rings is 2. The number of carbonyl (C=O) groups excluding carboxylic acids is 3. The lowest BCUT2D eigenvalue weighted by Gasteiger charge is -2.07. The third kappa shape index (κ3) is 4.51. The van der Waals surface area contributed by atoms with Crippen LogP contribution in [0, 0.1) is 6.92 Å². The molecule has 0 atom stereocenters. The molecule has 0 aliphatic heterocycles. The summed E-state index contributed by atoms with van der Waals surface area (Å²) in [6, 6.07) is 14.4. The number of carbonyl (C=O) groups is 3. The van der Waals surface area contributed by atoms with Gasteiger partial charge in [0.15, 0.2) is 6.61 Å². The summed E-state index contributed by atoms with van der Waals surface area (Å²) in [7, 11) is 0. The smallest absolute Gasteiger partial charge is 0.349 e. The van der Waals surface area contributed by atoms with Gasteiger partial charge in [-0.2, -0.15) is 0 Å². The molecule has 27 heavy (non-hydrogen) atoms. The highest BCUT2D eigenvalue weighted by Gasteiger charge is 2.17. The van der Waals surface area contributed by atoms with E-state index < -0.39 is 11.9 Å². The Morgan fingerprint density at radius 1 is 0.963 bits per heavy atom. The van der Waals surface area contributed by atoms with Gasteiger partial charge >= 0.3 is 5.97 Å². The first-order valence-electron chi connectivity index (χ1n) is 8.27. The van der Waals surface area contributed by atoms with E-state index in [1.165, 1.54) is 18.3 Å². The second-order valence-electron chi connectivity index (χ2n) is 5.94. The fourth-order valence-corrected chi connectivity index (χ4v) is 3.71. The van der Waals surface area contributed by atoms with E-state index in [0.29, 0.717) is 16.3 Å². The zero-order chi connectivity index (χ0) is 19.4. The first-order chi connectivity index (χ1) is 12.9. The Bertz CT molecular complexity index is 1010. The average Bonchev–Trinajstić information content (AvgIpc) is 2.98. The van der Waals surface area contributed by atoms with Gasteiger partial charge < -0.3 is 15.4 Å². The van der Waals surface area contributed by atoms with Crippen molar-refractivity contribution in [2.75, 3.05) is 17.2 Å². The molecule has 0 radical (unpaired) electrons. The molecule has 138 valence electrons. The first kappa shape index (κ1) is 18.6. The van der Waals surface area contributed by atoms with Gasteiger partial charge in [0.2, 0.25) is 5.91 Å². The Morgan fingerprint density at radius 2 is 1.59 bits per heavy atom. The van der Waals surface area contributed by atoms with Crippen LogP contribution in [-0.4, -0.2) is 24.4 Å². The molecule has 0 spiro atoms. The van der Waals surface area contributed by atoms with Crippen molar-refractivity contribution in [3.05, 3.63) is 59.0 Å². The van der Waals surface area contributed by atoms with E-state index in [1.807, 2.05) is 31.2 Å². The summed E-state index contributed by atoms with van der Waals surface area (Å²) in [5.74, 6) is -1.12. The quantitative estimate of drug-likeness (QED) is 0.654. The van der Waals surface area contributed by atoms with Gasteiger partial charge in [0.1, 0.15) is 4.88 Å². The molecule has 2 amide bonds. The predicted octanol–water partition coefficient (Wildman–Crippen LogP) is 3.96. The van der Waals surface area contributed by atoms with Gasteiger partial charge in [-0.3, -0.25) is 9.59 Å². The Morgan fingerprint density at radius 3 is 2.22 bits per heavy atom. The number of esters is 1. The summed E-state index contributed by atoms with van der Waals surface area (Å²) in [6.45, 7) is 2.91. The average molecular weight is 382 g/mol. The maximum Gasteiger partial charge on any atom is 0.349 e. The lowest BCUT2D eigenvalue weighted by Crippen LogP contribution is -2.20. The molecule has 0 bridgehead atoms. The molecular formula is C20H18N2O4S. The monoisotopic (exact) mass is 382 g/mol. The van der Waals surface area contributed by atoms with Crippen molar-refractivity contribution in [3.8, 4) is 0 Å². The van der Waals surface area contributed by atoms with Crippen molar-refractivity contribution in [3.63, 3.8) is 0 Å². The Labute approximate surface area is 160 Å². The lowest BCUT2D eigenvalue weighted by atomic mass is 10.1. The molecule has 2 N–H and O–H groups in total. The van der Waals surface area contributed by atoms with Crippen LogP contribution in [0.5, 0.6) is 0 Å². The summed E-state index contributed by atoms with van der Waals surface area (Å²) < 4.78 is 6.16. The fraction of sp³-hybridized carbons (Fsp3) is 0.150. The van der Waals surface area contributed by atoms with Crippen LogP contribution < -0.4 is 10.6 Å². The van der Waals surface area contributed by atoms with Crippen molar-refractivity contribution in [1.82, 2.24) is 0 Å². The number of fused-ring (bicyclic) bond motifs is 1. The van der Waals surface area contributed by atoms with Crippen molar-refractivity contribution in [1.29, 1.82) is 0 Å². The van der Waals surface area contributed by atoms with Gasteiger partial charge in [-0.1, -0.05) is 18.2 Å². The minimum Gasteiger partial charge on any atom is -0.451 e. The molecule has 0 aliphatic rings. The molecule has 0 fully saturated rings. The highest BCUT2D eigenvalue weighted by molar-refractivity contribution is 7.21. The van der Waals surface area contributed by atoms with E-state index in [1.54, 1.807) is 24.3 Å². The van der Waals surface area contributed by atoms with Gasteiger partial charge in [-0.15, -0.1) is 11.3 Å². The highest BCUT2D eigenvalue weighted by Crippen LogP contribution is 2.30. The number of aryl methyl sites for hydroxylation is 1. The van der Waals surface area contributed by atoms with E-state index >= 15 is 0 Å². The van der Waals surface area contributed by atoms with Gasteiger partial charge in [0.25, 0.3) is 5.91 Å². The summed E-state index contributed by atoms with van der Waals surface area (Å²) in [5, 5.41) is 6.30. The highest BCUT2D eigenvalue weighted by atomic mass is 32.1. The fourth-order valence-electron chi connectivity index (χ4n) is 2.60. The van der Waals surface area contributed by atoms with Crippen LogP contribution in [0.15, 0.2) is 48.5 Å². The number of rotatable bonds is 5. The molecule has 6 nitrogen and oxygen atoms in total. The second-order valence-corrected chi connectivity index (χ2v) is 6.99. The first-order valence-corrected chi connectivity index (χ1v) is 9.08.